The Morgan fingerprint density at radius 2 is 1.94 bits per heavy atom. The van der Waals surface area contributed by atoms with Gasteiger partial charge in [-0.2, -0.15) is 5.53 Å². The topological polar surface area (TPSA) is 53.3 Å². The highest BCUT2D eigenvalue weighted by molar-refractivity contribution is 5.85. The van der Waals surface area contributed by atoms with Gasteiger partial charge in [0.2, 0.25) is 0 Å². The van der Waals surface area contributed by atoms with Gasteiger partial charge >= 0.3 is 0 Å². The summed E-state index contributed by atoms with van der Waals surface area (Å²) in [6, 6.07) is 8.32. The summed E-state index contributed by atoms with van der Waals surface area (Å²) in [5, 5.41) is 4.56. The SMILES string of the molecule is Cl.NC1=c2ccccc2=C2CNNN2CC1. The normalized spacial score (nSPS) is 18.6. The minimum Gasteiger partial charge on any atom is -0.401 e. The van der Waals surface area contributed by atoms with Crippen LogP contribution in [0.15, 0.2) is 24.3 Å². The van der Waals surface area contributed by atoms with E-state index in [0.717, 1.165) is 25.2 Å². The number of halogens is 1. The molecule has 3 rings (SSSR count). The number of hydrazine groups is 2. The molecule has 0 bridgehead atoms. The van der Waals surface area contributed by atoms with E-state index in [9.17, 15) is 0 Å². The van der Waals surface area contributed by atoms with E-state index in [0.29, 0.717) is 0 Å². The zero-order valence-electron chi connectivity index (χ0n) is 8.86. The average Bonchev–Trinajstić information content (AvgIpc) is 2.69. The predicted molar refractivity (Wildman–Crippen MR) is 66.4 cm³/mol. The van der Waals surface area contributed by atoms with Gasteiger partial charge in [-0.05, 0) is 0 Å². The van der Waals surface area contributed by atoms with Crippen molar-refractivity contribution in [2.75, 3.05) is 13.1 Å². The summed E-state index contributed by atoms with van der Waals surface area (Å²) in [5.74, 6) is 0. The molecular weight excluding hydrogens is 224 g/mol. The van der Waals surface area contributed by atoms with E-state index in [2.05, 4.69) is 34.2 Å². The van der Waals surface area contributed by atoms with E-state index < -0.39 is 0 Å². The van der Waals surface area contributed by atoms with Gasteiger partial charge in [0.15, 0.2) is 0 Å². The summed E-state index contributed by atoms with van der Waals surface area (Å²) in [6.45, 7) is 1.77. The zero-order chi connectivity index (χ0) is 10.3. The fourth-order valence-electron chi connectivity index (χ4n) is 2.19. The van der Waals surface area contributed by atoms with Gasteiger partial charge in [-0.25, -0.2) is 5.43 Å². The van der Waals surface area contributed by atoms with Gasteiger partial charge in [-0.15, -0.1) is 12.4 Å². The Morgan fingerprint density at radius 3 is 2.75 bits per heavy atom. The second-order valence-electron chi connectivity index (χ2n) is 3.88. The first-order chi connectivity index (χ1) is 7.36. The summed E-state index contributed by atoms with van der Waals surface area (Å²) < 4.78 is 0. The van der Waals surface area contributed by atoms with Crippen molar-refractivity contribution in [1.29, 1.82) is 0 Å². The minimum absolute atomic E-state index is 0. The molecule has 2 aliphatic heterocycles. The number of nitrogens with zero attached hydrogens (tertiary/aromatic N) is 1. The van der Waals surface area contributed by atoms with Crippen LogP contribution in [-0.2, 0) is 0 Å². The summed E-state index contributed by atoms with van der Waals surface area (Å²) in [7, 11) is 0. The number of hydrogen-bond donors (Lipinski definition) is 3. The maximum Gasteiger partial charge on any atom is 0.0539 e. The van der Waals surface area contributed by atoms with E-state index >= 15 is 0 Å². The lowest BCUT2D eigenvalue weighted by atomic mass is 10.1. The van der Waals surface area contributed by atoms with E-state index in [-0.39, 0.29) is 12.4 Å². The standard InChI is InChI=1S/C11H14N4.ClH/c12-10-5-6-15-11(7-13-14-15)9-4-2-1-3-8(9)10;/h1-4,13-14H,5-7,12H2;1H. The maximum absolute atomic E-state index is 6.08. The summed E-state index contributed by atoms with van der Waals surface area (Å²) in [5.41, 5.74) is 14.6. The average molecular weight is 239 g/mol. The molecule has 0 amide bonds. The van der Waals surface area contributed by atoms with Crippen molar-refractivity contribution < 1.29 is 0 Å². The van der Waals surface area contributed by atoms with Gasteiger partial charge in [0.25, 0.3) is 0 Å². The van der Waals surface area contributed by atoms with Crippen LogP contribution in [0.1, 0.15) is 6.42 Å². The Kier molecular flexibility index (Phi) is 3.05. The molecule has 86 valence electrons. The fraction of sp³-hybridized carbons (Fsp3) is 0.273. The van der Waals surface area contributed by atoms with Crippen LogP contribution in [0.2, 0.25) is 0 Å². The zero-order valence-corrected chi connectivity index (χ0v) is 9.68. The molecule has 1 aromatic carbocycles. The third kappa shape index (κ3) is 1.65. The predicted octanol–water partition coefficient (Wildman–Crippen LogP) is -0.988. The number of nitrogens with one attached hydrogen (secondary N) is 2. The van der Waals surface area contributed by atoms with E-state index in [1.165, 1.54) is 16.1 Å². The van der Waals surface area contributed by atoms with Crippen LogP contribution in [0.3, 0.4) is 0 Å². The lowest BCUT2D eigenvalue weighted by Gasteiger charge is -2.16. The highest BCUT2D eigenvalue weighted by Gasteiger charge is 2.19. The molecule has 0 atom stereocenters. The monoisotopic (exact) mass is 238 g/mol. The molecule has 0 radical (unpaired) electrons. The van der Waals surface area contributed by atoms with Crippen LogP contribution in [-0.4, -0.2) is 18.1 Å². The quantitative estimate of drug-likeness (QED) is 0.544. The molecule has 1 aromatic rings. The first-order valence-corrected chi connectivity index (χ1v) is 5.19. The maximum atomic E-state index is 6.08. The summed E-state index contributed by atoms with van der Waals surface area (Å²) in [4.78, 5) is 0. The van der Waals surface area contributed by atoms with Crippen LogP contribution < -0.4 is 27.1 Å². The molecule has 0 saturated carbocycles. The Labute approximate surface area is 100 Å². The molecule has 4 nitrogen and oxygen atoms in total. The Hall–Kier alpha value is -1.23. The van der Waals surface area contributed by atoms with Crippen LogP contribution in [0.25, 0.3) is 11.4 Å². The highest BCUT2D eigenvalue weighted by atomic mass is 35.5. The molecule has 5 heteroatoms. The Morgan fingerprint density at radius 1 is 1.19 bits per heavy atom. The molecule has 1 fully saturated rings. The molecule has 4 N–H and O–H groups in total. The third-order valence-corrected chi connectivity index (χ3v) is 2.98. The molecule has 0 aromatic heterocycles. The molecule has 16 heavy (non-hydrogen) atoms. The van der Waals surface area contributed by atoms with E-state index in [1.54, 1.807) is 0 Å². The van der Waals surface area contributed by atoms with Gasteiger partial charge < -0.3 is 5.73 Å². The van der Waals surface area contributed by atoms with Crippen molar-refractivity contribution in [3.05, 3.63) is 34.7 Å². The number of fused-ring (bicyclic) bond motifs is 2. The molecule has 0 unspecified atom stereocenters. The van der Waals surface area contributed by atoms with Gasteiger partial charge in [-0.1, -0.05) is 24.3 Å². The Bertz CT molecular complexity index is 511. The molecule has 2 aliphatic rings. The molecule has 1 saturated heterocycles. The summed E-state index contributed by atoms with van der Waals surface area (Å²) >= 11 is 0. The molecule has 0 spiro atoms. The lowest BCUT2D eigenvalue weighted by molar-refractivity contribution is 0.301. The summed E-state index contributed by atoms with van der Waals surface area (Å²) in [6.07, 6.45) is 0.898. The molecule has 2 heterocycles. The van der Waals surface area contributed by atoms with Crippen LogP contribution in [0.5, 0.6) is 0 Å². The highest BCUT2D eigenvalue weighted by Crippen LogP contribution is 2.08. The van der Waals surface area contributed by atoms with Gasteiger partial charge in [-0.3, -0.25) is 5.01 Å². The van der Waals surface area contributed by atoms with Crippen molar-refractivity contribution >= 4 is 23.8 Å². The van der Waals surface area contributed by atoms with E-state index in [4.69, 9.17) is 5.73 Å². The Balaban J connectivity index is 0.000000963. The van der Waals surface area contributed by atoms with Gasteiger partial charge in [0.1, 0.15) is 0 Å². The largest absolute Gasteiger partial charge is 0.401 e. The first kappa shape index (κ1) is 11.3. The van der Waals surface area contributed by atoms with E-state index in [1.807, 2.05) is 6.07 Å². The van der Waals surface area contributed by atoms with Crippen molar-refractivity contribution in [3.8, 4) is 0 Å². The van der Waals surface area contributed by atoms with Gasteiger partial charge in [0, 0.05) is 29.1 Å². The van der Waals surface area contributed by atoms with Crippen molar-refractivity contribution in [3.63, 3.8) is 0 Å². The second-order valence-corrected chi connectivity index (χ2v) is 3.88. The van der Waals surface area contributed by atoms with Crippen molar-refractivity contribution in [2.24, 2.45) is 5.73 Å². The minimum atomic E-state index is 0. The van der Waals surface area contributed by atoms with Crippen molar-refractivity contribution in [1.82, 2.24) is 16.0 Å². The molecule has 0 aliphatic carbocycles. The number of nitrogens with two attached hydrogens (primary N) is 1. The molecular formula is C11H15ClN4. The second kappa shape index (κ2) is 4.33. The van der Waals surface area contributed by atoms with Crippen LogP contribution in [0.4, 0.5) is 0 Å². The van der Waals surface area contributed by atoms with Crippen LogP contribution in [0, 0.1) is 0 Å². The number of benzene rings is 1. The first-order valence-electron chi connectivity index (χ1n) is 5.19. The number of rotatable bonds is 0. The van der Waals surface area contributed by atoms with Crippen LogP contribution >= 0.6 is 12.4 Å². The fourth-order valence-corrected chi connectivity index (χ4v) is 2.19. The van der Waals surface area contributed by atoms with Gasteiger partial charge in [0.05, 0.1) is 12.2 Å². The smallest absolute Gasteiger partial charge is 0.0539 e. The number of hydrogen-bond acceptors (Lipinski definition) is 4. The third-order valence-electron chi connectivity index (χ3n) is 2.98. The van der Waals surface area contributed by atoms with Crippen molar-refractivity contribution in [2.45, 2.75) is 6.42 Å². The lowest BCUT2D eigenvalue weighted by Crippen LogP contribution is -2.36.